The van der Waals surface area contributed by atoms with Gasteiger partial charge in [0.15, 0.2) is 0 Å². The molecule has 0 unspecified atom stereocenters. The van der Waals surface area contributed by atoms with Crippen molar-refractivity contribution in [3.63, 3.8) is 0 Å². The third kappa shape index (κ3) is 3.30. The lowest BCUT2D eigenvalue weighted by Crippen LogP contribution is -2.18. The fourth-order valence-corrected chi connectivity index (χ4v) is 1.51. The Kier molecular flexibility index (Phi) is 4.41. The predicted molar refractivity (Wildman–Crippen MR) is 71.0 cm³/mol. The molecule has 2 heteroatoms. The molecule has 0 aromatic heterocycles. The zero-order chi connectivity index (χ0) is 12.1. The molecule has 0 bridgehead atoms. The Morgan fingerprint density at radius 2 is 1.88 bits per heavy atom. The number of aliphatic imine (C=N–C) groups is 1. The molecular formula is C14H21N2+. The highest BCUT2D eigenvalue weighted by molar-refractivity contribution is 6.36. The average Bonchev–Trinajstić information content (AvgIpc) is 2.20. The highest BCUT2D eigenvalue weighted by Crippen LogP contribution is 2.07. The van der Waals surface area contributed by atoms with E-state index >= 15 is 0 Å². The maximum absolute atomic E-state index is 4.46. The quantitative estimate of drug-likeness (QED) is 0.546. The van der Waals surface area contributed by atoms with Crippen LogP contribution >= 0.6 is 0 Å². The zero-order valence-corrected chi connectivity index (χ0v) is 10.9. The first-order chi connectivity index (χ1) is 7.52. The van der Waals surface area contributed by atoms with Gasteiger partial charge in [-0.05, 0) is 32.4 Å². The highest BCUT2D eigenvalue weighted by Gasteiger charge is 2.11. The fraction of sp³-hybridized carbons (Fsp3) is 0.429. The van der Waals surface area contributed by atoms with Crippen molar-refractivity contribution in [1.82, 2.24) is 0 Å². The third-order valence-electron chi connectivity index (χ3n) is 2.40. The van der Waals surface area contributed by atoms with E-state index < -0.39 is 0 Å². The lowest BCUT2D eigenvalue weighted by atomic mass is 10.0. The van der Waals surface area contributed by atoms with Crippen LogP contribution in [0.1, 0.15) is 25.0 Å². The number of benzene rings is 1. The third-order valence-corrected chi connectivity index (χ3v) is 2.40. The monoisotopic (exact) mass is 217 g/mol. The molecule has 0 aliphatic rings. The van der Waals surface area contributed by atoms with Crippen LogP contribution in [0.5, 0.6) is 0 Å². The van der Waals surface area contributed by atoms with Gasteiger partial charge in [0.2, 0.25) is 5.71 Å². The van der Waals surface area contributed by atoms with Crippen molar-refractivity contribution in [3.8, 4) is 0 Å². The first-order valence-electron chi connectivity index (χ1n) is 5.66. The molecule has 0 amide bonds. The Balaban J connectivity index is 3.16. The number of rotatable bonds is 3. The summed E-state index contributed by atoms with van der Waals surface area (Å²) < 4.78 is 2.11. The number of nitrogens with zero attached hydrogens (tertiary/aromatic N) is 2. The summed E-state index contributed by atoms with van der Waals surface area (Å²) in [5, 5.41) is 0. The van der Waals surface area contributed by atoms with Crippen LogP contribution in [-0.2, 0) is 0 Å². The number of aryl methyl sites for hydroxylation is 1. The van der Waals surface area contributed by atoms with Crippen molar-refractivity contribution >= 4 is 11.9 Å². The van der Waals surface area contributed by atoms with E-state index in [4.69, 9.17) is 0 Å². The van der Waals surface area contributed by atoms with E-state index in [1.807, 2.05) is 20.3 Å². The van der Waals surface area contributed by atoms with Gasteiger partial charge >= 0.3 is 0 Å². The summed E-state index contributed by atoms with van der Waals surface area (Å²) in [5.74, 6) is 0. The molecule has 0 saturated heterocycles. The first kappa shape index (κ1) is 12.6. The summed E-state index contributed by atoms with van der Waals surface area (Å²) >= 11 is 0. The van der Waals surface area contributed by atoms with Crippen LogP contribution in [0.25, 0.3) is 0 Å². The van der Waals surface area contributed by atoms with Gasteiger partial charge in [-0.3, -0.25) is 4.99 Å². The van der Waals surface area contributed by atoms with Gasteiger partial charge < -0.3 is 0 Å². The Labute approximate surface area is 98.4 Å². The van der Waals surface area contributed by atoms with Crippen LogP contribution < -0.4 is 0 Å². The van der Waals surface area contributed by atoms with Gasteiger partial charge in [0.05, 0.1) is 11.8 Å². The van der Waals surface area contributed by atoms with Crippen molar-refractivity contribution < 1.29 is 4.58 Å². The standard InChI is InChI=1S/C14H21N2/c1-11(2)15-10-14(16(4)5)13-9-7-6-8-12(13)3/h6-11H,1-5H3/q+1/b15-10-. The van der Waals surface area contributed by atoms with Gasteiger partial charge in [-0.1, -0.05) is 18.2 Å². The summed E-state index contributed by atoms with van der Waals surface area (Å²) in [6.07, 6.45) is 1.97. The molecule has 0 saturated carbocycles. The molecular weight excluding hydrogens is 196 g/mol. The van der Waals surface area contributed by atoms with Gasteiger partial charge in [0.1, 0.15) is 14.1 Å². The molecule has 0 aliphatic heterocycles. The molecule has 1 rings (SSSR count). The SMILES string of the molecule is Cc1ccccc1C(/C=N\C(C)C)=[N+](C)C. The zero-order valence-electron chi connectivity index (χ0n) is 10.9. The van der Waals surface area contributed by atoms with Crippen LogP contribution in [0.4, 0.5) is 0 Å². The van der Waals surface area contributed by atoms with E-state index in [9.17, 15) is 0 Å². The second-order valence-electron chi connectivity index (χ2n) is 4.47. The molecule has 0 N–H and O–H groups in total. The second kappa shape index (κ2) is 5.59. The molecule has 2 nitrogen and oxygen atoms in total. The maximum atomic E-state index is 4.46. The van der Waals surface area contributed by atoms with E-state index in [1.54, 1.807) is 0 Å². The minimum Gasteiger partial charge on any atom is -0.284 e. The molecule has 0 radical (unpaired) electrons. The van der Waals surface area contributed by atoms with Crippen LogP contribution in [0.2, 0.25) is 0 Å². The molecule has 16 heavy (non-hydrogen) atoms. The van der Waals surface area contributed by atoms with Gasteiger partial charge in [0, 0.05) is 6.04 Å². The van der Waals surface area contributed by atoms with E-state index in [-0.39, 0.29) is 0 Å². The molecule has 0 spiro atoms. The first-order valence-corrected chi connectivity index (χ1v) is 5.66. The Bertz CT molecular complexity index is 410. The topological polar surface area (TPSA) is 15.4 Å². The van der Waals surface area contributed by atoms with Gasteiger partial charge in [-0.25, -0.2) is 4.58 Å². The van der Waals surface area contributed by atoms with Gasteiger partial charge in [-0.15, -0.1) is 0 Å². The minimum absolute atomic E-state index is 0.332. The summed E-state index contributed by atoms with van der Waals surface area (Å²) in [6.45, 7) is 6.30. The Hall–Kier alpha value is -1.44. The van der Waals surface area contributed by atoms with Crippen molar-refractivity contribution in [3.05, 3.63) is 35.4 Å². The molecule has 86 valence electrons. The smallest absolute Gasteiger partial charge is 0.225 e. The lowest BCUT2D eigenvalue weighted by Gasteiger charge is -2.03. The van der Waals surface area contributed by atoms with Crippen LogP contribution in [0.3, 0.4) is 0 Å². The van der Waals surface area contributed by atoms with E-state index in [2.05, 4.69) is 54.6 Å². The number of hydrogen-bond acceptors (Lipinski definition) is 1. The molecule has 0 atom stereocenters. The van der Waals surface area contributed by atoms with Gasteiger partial charge in [-0.2, -0.15) is 0 Å². The average molecular weight is 217 g/mol. The van der Waals surface area contributed by atoms with E-state index in [1.165, 1.54) is 11.1 Å². The Morgan fingerprint density at radius 1 is 1.25 bits per heavy atom. The van der Waals surface area contributed by atoms with Crippen molar-refractivity contribution in [1.29, 1.82) is 0 Å². The largest absolute Gasteiger partial charge is 0.284 e. The second-order valence-corrected chi connectivity index (χ2v) is 4.47. The summed E-state index contributed by atoms with van der Waals surface area (Å²) in [5.41, 5.74) is 3.69. The Morgan fingerprint density at radius 3 is 2.38 bits per heavy atom. The summed E-state index contributed by atoms with van der Waals surface area (Å²) in [7, 11) is 4.10. The number of hydrogen-bond donors (Lipinski definition) is 0. The molecule has 0 aliphatic carbocycles. The van der Waals surface area contributed by atoms with Crippen molar-refractivity contribution in [2.24, 2.45) is 4.99 Å². The molecule has 1 aromatic rings. The summed E-state index contributed by atoms with van der Waals surface area (Å²) in [4.78, 5) is 4.46. The van der Waals surface area contributed by atoms with Crippen LogP contribution in [-0.4, -0.2) is 36.6 Å². The molecule has 0 fully saturated rings. The van der Waals surface area contributed by atoms with Crippen LogP contribution in [0.15, 0.2) is 29.3 Å². The van der Waals surface area contributed by atoms with Crippen LogP contribution in [0, 0.1) is 6.92 Å². The highest BCUT2D eigenvalue weighted by atomic mass is 14.9. The predicted octanol–water partition coefficient (Wildman–Crippen LogP) is 2.54. The molecule has 1 aromatic carbocycles. The van der Waals surface area contributed by atoms with Gasteiger partial charge in [0.25, 0.3) is 0 Å². The fourth-order valence-electron chi connectivity index (χ4n) is 1.51. The minimum atomic E-state index is 0.332. The molecule has 0 heterocycles. The van der Waals surface area contributed by atoms with Crippen molar-refractivity contribution in [2.75, 3.05) is 14.1 Å². The normalized spacial score (nSPS) is 11.1. The summed E-state index contributed by atoms with van der Waals surface area (Å²) in [6, 6.07) is 8.72. The lowest BCUT2D eigenvalue weighted by molar-refractivity contribution is -0.461. The maximum Gasteiger partial charge on any atom is 0.225 e. The van der Waals surface area contributed by atoms with E-state index in [0.717, 1.165) is 5.71 Å². The van der Waals surface area contributed by atoms with E-state index in [0.29, 0.717) is 6.04 Å². The van der Waals surface area contributed by atoms with Crippen molar-refractivity contribution in [2.45, 2.75) is 26.8 Å².